The Morgan fingerprint density at radius 2 is 1.71 bits per heavy atom. The Morgan fingerprint density at radius 3 is 2.37 bits per heavy atom. The fraction of sp³-hybridized carbons (Fsp3) is 0.391. The lowest BCUT2D eigenvalue weighted by molar-refractivity contribution is 0.0730. The lowest BCUT2D eigenvalue weighted by Crippen LogP contribution is -2.48. The molecule has 9 nitrogen and oxygen atoms in total. The number of thiazole rings is 1. The van der Waals surface area contributed by atoms with E-state index in [0.717, 1.165) is 15.3 Å². The van der Waals surface area contributed by atoms with Gasteiger partial charge in [0.2, 0.25) is 10.0 Å². The number of rotatable bonds is 5. The Labute approximate surface area is 212 Å². The van der Waals surface area contributed by atoms with Gasteiger partial charge in [-0.3, -0.25) is 4.79 Å². The monoisotopic (exact) mass is 536 g/mol. The highest BCUT2D eigenvalue weighted by Gasteiger charge is 2.28. The third-order valence-corrected chi connectivity index (χ3v) is 9.50. The van der Waals surface area contributed by atoms with Crippen LogP contribution in [0.5, 0.6) is 5.75 Å². The minimum atomic E-state index is -3.59. The van der Waals surface area contributed by atoms with Crippen molar-refractivity contribution in [1.29, 1.82) is 0 Å². The molecular weight excluding hydrogens is 512 g/mol. The summed E-state index contributed by atoms with van der Waals surface area (Å²) in [6.45, 7) is 3.82. The SMILES string of the molecule is COc1c(Cl)ccc2sc(N3CCN(C(=O)c4ccc(S(=O)(=O)N5CCOCC5)cc4)CC3)nc12. The van der Waals surface area contributed by atoms with E-state index in [1.54, 1.807) is 41.5 Å². The normalized spacial score (nSPS) is 17.7. The molecule has 0 bridgehead atoms. The van der Waals surface area contributed by atoms with E-state index in [-0.39, 0.29) is 10.8 Å². The summed E-state index contributed by atoms with van der Waals surface area (Å²) in [5.74, 6) is 0.456. The number of hydrogen-bond donors (Lipinski definition) is 0. The molecule has 0 N–H and O–H groups in total. The van der Waals surface area contributed by atoms with E-state index in [0.29, 0.717) is 68.8 Å². The van der Waals surface area contributed by atoms with Crippen LogP contribution in [0.25, 0.3) is 10.2 Å². The van der Waals surface area contributed by atoms with Gasteiger partial charge >= 0.3 is 0 Å². The number of morpholine rings is 1. The molecule has 186 valence electrons. The van der Waals surface area contributed by atoms with Gasteiger partial charge in [-0.05, 0) is 36.4 Å². The average Bonchev–Trinajstić information content (AvgIpc) is 3.33. The molecule has 35 heavy (non-hydrogen) atoms. The quantitative estimate of drug-likeness (QED) is 0.495. The van der Waals surface area contributed by atoms with Gasteiger partial charge in [-0.15, -0.1) is 0 Å². The number of benzene rings is 2. The predicted molar refractivity (Wildman–Crippen MR) is 135 cm³/mol. The van der Waals surface area contributed by atoms with Crippen LogP contribution in [0.1, 0.15) is 10.4 Å². The summed E-state index contributed by atoms with van der Waals surface area (Å²) in [6, 6.07) is 9.93. The first-order valence-corrected chi connectivity index (χ1v) is 13.9. The lowest BCUT2D eigenvalue weighted by atomic mass is 10.2. The minimum absolute atomic E-state index is 0.113. The van der Waals surface area contributed by atoms with Crippen molar-refractivity contribution in [2.75, 3.05) is 64.5 Å². The maximum atomic E-state index is 13.1. The Morgan fingerprint density at radius 1 is 1.03 bits per heavy atom. The number of methoxy groups -OCH3 is 1. The molecule has 3 aromatic rings. The van der Waals surface area contributed by atoms with Crippen LogP contribution in [0.4, 0.5) is 5.13 Å². The maximum absolute atomic E-state index is 13.1. The van der Waals surface area contributed by atoms with Crippen molar-refractivity contribution in [3.63, 3.8) is 0 Å². The summed E-state index contributed by atoms with van der Waals surface area (Å²) in [7, 11) is -2.01. The summed E-state index contributed by atoms with van der Waals surface area (Å²) >= 11 is 7.79. The van der Waals surface area contributed by atoms with Crippen LogP contribution in [0.15, 0.2) is 41.3 Å². The number of sulfonamides is 1. The predicted octanol–water partition coefficient (Wildman–Crippen LogP) is 2.94. The van der Waals surface area contributed by atoms with E-state index in [9.17, 15) is 13.2 Å². The van der Waals surface area contributed by atoms with Gasteiger partial charge in [-0.1, -0.05) is 22.9 Å². The molecule has 0 saturated carbocycles. The van der Waals surface area contributed by atoms with Crippen molar-refractivity contribution in [3.8, 4) is 5.75 Å². The molecule has 2 fully saturated rings. The molecule has 0 atom stereocenters. The van der Waals surface area contributed by atoms with E-state index >= 15 is 0 Å². The first-order valence-electron chi connectivity index (χ1n) is 11.2. The Bertz CT molecular complexity index is 1330. The van der Waals surface area contributed by atoms with Crippen LogP contribution in [0, 0.1) is 0 Å². The fourth-order valence-electron chi connectivity index (χ4n) is 4.25. The smallest absolute Gasteiger partial charge is 0.253 e. The molecule has 1 amide bonds. The van der Waals surface area contributed by atoms with Crippen LogP contribution in [-0.4, -0.2) is 88.1 Å². The number of nitrogens with zero attached hydrogens (tertiary/aromatic N) is 4. The third-order valence-electron chi connectivity index (χ3n) is 6.21. The molecule has 2 aliphatic heterocycles. The number of halogens is 1. The second-order valence-corrected chi connectivity index (χ2v) is 11.6. The molecule has 1 aromatic heterocycles. The second-order valence-electron chi connectivity index (χ2n) is 8.24. The number of fused-ring (bicyclic) bond motifs is 1. The highest BCUT2D eigenvalue weighted by atomic mass is 35.5. The number of aromatic nitrogens is 1. The lowest BCUT2D eigenvalue weighted by Gasteiger charge is -2.34. The average molecular weight is 537 g/mol. The number of carbonyl (C=O) groups excluding carboxylic acids is 1. The standard InChI is InChI=1S/C23H25ClN4O5S2/c1-32-21-18(24)6-7-19-20(21)25-23(34-19)27-10-8-26(9-11-27)22(29)16-2-4-17(5-3-16)35(30,31)28-12-14-33-15-13-28/h2-7H,8-15H2,1H3. The summed E-state index contributed by atoms with van der Waals surface area (Å²) in [6.07, 6.45) is 0. The molecule has 0 spiro atoms. The highest BCUT2D eigenvalue weighted by Crippen LogP contribution is 2.38. The number of anilines is 1. The summed E-state index contributed by atoms with van der Waals surface area (Å²) < 4.78 is 38.7. The summed E-state index contributed by atoms with van der Waals surface area (Å²) in [4.78, 5) is 21.9. The minimum Gasteiger partial charge on any atom is -0.493 e. The van der Waals surface area contributed by atoms with Crippen molar-refractivity contribution in [3.05, 3.63) is 47.0 Å². The number of ether oxygens (including phenoxy) is 2. The van der Waals surface area contributed by atoms with E-state index in [1.807, 2.05) is 6.07 Å². The summed E-state index contributed by atoms with van der Waals surface area (Å²) in [5.41, 5.74) is 1.21. The molecule has 0 radical (unpaired) electrons. The maximum Gasteiger partial charge on any atom is 0.253 e. The third kappa shape index (κ3) is 4.70. The first kappa shape index (κ1) is 24.3. The molecule has 0 unspecified atom stereocenters. The van der Waals surface area contributed by atoms with Gasteiger partial charge in [-0.2, -0.15) is 4.31 Å². The largest absolute Gasteiger partial charge is 0.493 e. The van der Waals surface area contributed by atoms with Crippen LogP contribution in [0.3, 0.4) is 0 Å². The van der Waals surface area contributed by atoms with E-state index < -0.39 is 10.0 Å². The van der Waals surface area contributed by atoms with Crippen LogP contribution < -0.4 is 9.64 Å². The zero-order chi connectivity index (χ0) is 24.6. The molecule has 2 aromatic carbocycles. The second kappa shape index (κ2) is 9.90. The van der Waals surface area contributed by atoms with Gasteiger partial charge in [0.05, 0.1) is 34.9 Å². The van der Waals surface area contributed by atoms with Crippen molar-refractivity contribution in [1.82, 2.24) is 14.2 Å². The summed E-state index contributed by atoms with van der Waals surface area (Å²) in [5, 5.41) is 1.39. The van der Waals surface area contributed by atoms with Gasteiger partial charge < -0.3 is 19.3 Å². The Hall–Kier alpha value is -2.44. The van der Waals surface area contributed by atoms with Gasteiger partial charge in [0.15, 0.2) is 10.9 Å². The van der Waals surface area contributed by atoms with Crippen molar-refractivity contribution < 1.29 is 22.7 Å². The van der Waals surface area contributed by atoms with Gasteiger partial charge in [0, 0.05) is 44.8 Å². The van der Waals surface area contributed by atoms with Gasteiger partial charge in [-0.25, -0.2) is 13.4 Å². The van der Waals surface area contributed by atoms with Crippen molar-refractivity contribution in [2.45, 2.75) is 4.90 Å². The molecule has 2 aliphatic rings. The number of carbonyl (C=O) groups is 1. The molecule has 5 rings (SSSR count). The topological polar surface area (TPSA) is 92.3 Å². The zero-order valence-electron chi connectivity index (χ0n) is 19.1. The molecule has 2 saturated heterocycles. The van der Waals surface area contributed by atoms with E-state index in [4.69, 9.17) is 26.1 Å². The Balaban J connectivity index is 1.24. The van der Waals surface area contributed by atoms with Gasteiger partial charge in [0.1, 0.15) is 5.52 Å². The molecule has 0 aliphatic carbocycles. The Kier molecular flexibility index (Phi) is 6.86. The van der Waals surface area contributed by atoms with E-state index in [2.05, 4.69) is 4.90 Å². The van der Waals surface area contributed by atoms with E-state index in [1.165, 1.54) is 16.4 Å². The fourth-order valence-corrected chi connectivity index (χ4v) is 6.91. The molecular formula is C23H25ClN4O5S2. The molecule has 12 heteroatoms. The number of hydrogen-bond acceptors (Lipinski definition) is 8. The number of piperazine rings is 1. The number of amides is 1. The van der Waals surface area contributed by atoms with Gasteiger partial charge in [0.25, 0.3) is 5.91 Å². The van der Waals surface area contributed by atoms with Crippen LogP contribution in [-0.2, 0) is 14.8 Å². The van der Waals surface area contributed by atoms with Crippen LogP contribution >= 0.6 is 22.9 Å². The van der Waals surface area contributed by atoms with Crippen LogP contribution in [0.2, 0.25) is 5.02 Å². The first-order chi connectivity index (χ1) is 16.9. The zero-order valence-corrected chi connectivity index (χ0v) is 21.5. The highest BCUT2D eigenvalue weighted by molar-refractivity contribution is 7.89. The van der Waals surface area contributed by atoms with Crippen molar-refractivity contribution >= 4 is 54.2 Å². The molecule has 3 heterocycles. The van der Waals surface area contributed by atoms with Crippen molar-refractivity contribution in [2.24, 2.45) is 0 Å².